The van der Waals surface area contributed by atoms with Crippen molar-refractivity contribution in [2.75, 3.05) is 26.9 Å². The van der Waals surface area contributed by atoms with Crippen LogP contribution in [0, 0.1) is 17.0 Å². The summed E-state index contributed by atoms with van der Waals surface area (Å²) in [5.41, 5.74) is 1.47. The van der Waals surface area contributed by atoms with Gasteiger partial charge in [-0.05, 0) is 12.5 Å². The molecule has 1 heterocycles. The van der Waals surface area contributed by atoms with Crippen LogP contribution in [0.3, 0.4) is 0 Å². The Hall–Kier alpha value is -1.50. The van der Waals surface area contributed by atoms with E-state index < -0.39 is 0 Å². The Labute approximate surface area is 118 Å². The molecule has 0 saturated carbocycles. The summed E-state index contributed by atoms with van der Waals surface area (Å²) in [6, 6.07) is 5.30. The van der Waals surface area contributed by atoms with Crippen LogP contribution in [0.4, 0.5) is 5.69 Å². The van der Waals surface area contributed by atoms with E-state index in [-0.39, 0.29) is 16.2 Å². The van der Waals surface area contributed by atoms with Crippen molar-refractivity contribution in [2.45, 2.75) is 25.5 Å². The summed E-state index contributed by atoms with van der Waals surface area (Å²) in [4.78, 5) is 10.6. The molecule has 0 aliphatic carbocycles. The molecule has 0 spiro atoms. The summed E-state index contributed by atoms with van der Waals surface area (Å²) in [5, 5.41) is 14.2. The molecule has 0 bridgehead atoms. The van der Waals surface area contributed by atoms with Gasteiger partial charge in [-0.3, -0.25) is 10.1 Å². The minimum absolute atomic E-state index is 0.162. The molecule has 6 heteroatoms. The van der Waals surface area contributed by atoms with Gasteiger partial charge in [0.15, 0.2) is 0 Å². The summed E-state index contributed by atoms with van der Waals surface area (Å²) in [7, 11) is 1.69. The number of rotatable bonds is 6. The van der Waals surface area contributed by atoms with Gasteiger partial charge in [-0.15, -0.1) is 0 Å². The average molecular weight is 280 g/mol. The fourth-order valence-electron chi connectivity index (χ4n) is 2.36. The highest BCUT2D eigenvalue weighted by Crippen LogP contribution is 2.22. The van der Waals surface area contributed by atoms with Crippen molar-refractivity contribution >= 4 is 5.69 Å². The summed E-state index contributed by atoms with van der Waals surface area (Å²) in [5.74, 6) is 0. The van der Waals surface area contributed by atoms with Gasteiger partial charge in [0.2, 0.25) is 0 Å². The highest BCUT2D eigenvalue weighted by Gasteiger charge is 2.34. The van der Waals surface area contributed by atoms with Crippen LogP contribution in [-0.4, -0.2) is 37.4 Å². The zero-order valence-corrected chi connectivity index (χ0v) is 11.8. The van der Waals surface area contributed by atoms with Gasteiger partial charge in [0.05, 0.1) is 11.5 Å². The number of hydrogen-bond acceptors (Lipinski definition) is 5. The lowest BCUT2D eigenvalue weighted by molar-refractivity contribution is -0.385. The predicted octanol–water partition coefficient (Wildman–Crippen LogP) is 1.80. The Balaban J connectivity index is 1.94. The van der Waals surface area contributed by atoms with E-state index in [0.29, 0.717) is 31.9 Å². The largest absolute Gasteiger partial charge is 0.378 e. The third kappa shape index (κ3) is 3.33. The van der Waals surface area contributed by atoms with Gasteiger partial charge >= 0.3 is 0 Å². The standard InChI is InChI=1S/C14H20N2O4/c1-11-3-4-12(7-13(11)16(17)18)8-15-9-14(19-2)5-6-20-10-14/h3-4,7,15H,5-6,8-10H2,1-2H3. The van der Waals surface area contributed by atoms with E-state index in [1.165, 1.54) is 0 Å². The molecule has 0 radical (unpaired) electrons. The fraction of sp³-hybridized carbons (Fsp3) is 0.571. The number of hydrogen-bond donors (Lipinski definition) is 1. The molecule has 6 nitrogen and oxygen atoms in total. The quantitative estimate of drug-likeness (QED) is 0.635. The number of nitrogens with zero attached hydrogens (tertiary/aromatic N) is 1. The molecule has 0 amide bonds. The van der Waals surface area contributed by atoms with Crippen molar-refractivity contribution in [1.29, 1.82) is 0 Å². The predicted molar refractivity (Wildman–Crippen MR) is 74.7 cm³/mol. The SMILES string of the molecule is COC1(CNCc2ccc(C)c([N+](=O)[O-])c2)CCOC1. The molecule has 1 fully saturated rings. The second-order valence-corrected chi connectivity index (χ2v) is 5.17. The number of nitrogens with one attached hydrogen (secondary N) is 1. The molecule has 0 aromatic heterocycles. The van der Waals surface area contributed by atoms with Crippen LogP contribution in [0.5, 0.6) is 0 Å². The van der Waals surface area contributed by atoms with Gasteiger partial charge in [0.1, 0.15) is 5.60 Å². The van der Waals surface area contributed by atoms with Gasteiger partial charge in [-0.25, -0.2) is 0 Å². The summed E-state index contributed by atoms with van der Waals surface area (Å²) in [6.45, 7) is 4.29. The van der Waals surface area contributed by atoms with E-state index in [9.17, 15) is 10.1 Å². The van der Waals surface area contributed by atoms with Crippen LogP contribution >= 0.6 is 0 Å². The van der Waals surface area contributed by atoms with Crippen molar-refractivity contribution in [1.82, 2.24) is 5.32 Å². The first-order chi connectivity index (χ1) is 9.56. The van der Waals surface area contributed by atoms with Crippen molar-refractivity contribution in [2.24, 2.45) is 0 Å². The van der Waals surface area contributed by atoms with E-state index in [1.807, 2.05) is 6.07 Å². The van der Waals surface area contributed by atoms with Crippen LogP contribution in [0.25, 0.3) is 0 Å². The normalized spacial score (nSPS) is 22.1. The number of methoxy groups -OCH3 is 1. The molecule has 1 saturated heterocycles. The van der Waals surface area contributed by atoms with Crippen molar-refractivity contribution in [3.63, 3.8) is 0 Å². The maximum Gasteiger partial charge on any atom is 0.272 e. The van der Waals surface area contributed by atoms with Gasteiger partial charge in [-0.1, -0.05) is 12.1 Å². The topological polar surface area (TPSA) is 73.6 Å². The monoisotopic (exact) mass is 280 g/mol. The number of benzene rings is 1. The molecule has 1 N–H and O–H groups in total. The van der Waals surface area contributed by atoms with Gasteiger partial charge in [0, 0.05) is 44.9 Å². The van der Waals surface area contributed by atoms with Crippen LogP contribution in [0.2, 0.25) is 0 Å². The summed E-state index contributed by atoms with van der Waals surface area (Å²) < 4.78 is 10.9. The smallest absolute Gasteiger partial charge is 0.272 e. The van der Waals surface area contributed by atoms with E-state index >= 15 is 0 Å². The van der Waals surface area contributed by atoms with E-state index in [1.54, 1.807) is 26.2 Å². The van der Waals surface area contributed by atoms with Gasteiger partial charge in [0.25, 0.3) is 5.69 Å². The molecule has 1 atom stereocenters. The molecule has 1 aromatic carbocycles. The molecule has 110 valence electrons. The Morgan fingerprint density at radius 2 is 2.35 bits per heavy atom. The third-order valence-corrected chi connectivity index (χ3v) is 3.75. The lowest BCUT2D eigenvalue weighted by atomic mass is 10.0. The minimum atomic E-state index is -0.347. The van der Waals surface area contributed by atoms with Crippen LogP contribution in [-0.2, 0) is 16.0 Å². The first-order valence-corrected chi connectivity index (χ1v) is 6.64. The lowest BCUT2D eigenvalue weighted by Crippen LogP contribution is -2.42. The summed E-state index contributed by atoms with van der Waals surface area (Å²) >= 11 is 0. The van der Waals surface area contributed by atoms with Gasteiger partial charge < -0.3 is 14.8 Å². The highest BCUT2D eigenvalue weighted by atomic mass is 16.6. The second-order valence-electron chi connectivity index (χ2n) is 5.17. The zero-order chi connectivity index (χ0) is 14.6. The molecule has 1 unspecified atom stereocenters. The molecule has 1 aliphatic heterocycles. The van der Waals surface area contributed by atoms with Crippen LogP contribution in [0.15, 0.2) is 18.2 Å². The van der Waals surface area contributed by atoms with E-state index in [4.69, 9.17) is 9.47 Å². The van der Waals surface area contributed by atoms with E-state index in [2.05, 4.69) is 5.32 Å². The third-order valence-electron chi connectivity index (χ3n) is 3.75. The van der Waals surface area contributed by atoms with Crippen molar-refractivity contribution in [3.05, 3.63) is 39.4 Å². The first kappa shape index (κ1) is 14.9. The van der Waals surface area contributed by atoms with Crippen molar-refractivity contribution < 1.29 is 14.4 Å². The molecule has 1 aromatic rings. The van der Waals surface area contributed by atoms with Crippen molar-refractivity contribution in [3.8, 4) is 0 Å². The molecular weight excluding hydrogens is 260 g/mol. The number of ether oxygens (including phenoxy) is 2. The maximum atomic E-state index is 10.9. The molecular formula is C14H20N2O4. The Kier molecular flexibility index (Phi) is 4.69. The second kappa shape index (κ2) is 6.30. The first-order valence-electron chi connectivity index (χ1n) is 6.64. The summed E-state index contributed by atoms with van der Waals surface area (Å²) in [6.07, 6.45) is 0.866. The maximum absolute atomic E-state index is 10.9. The number of nitro benzene ring substituents is 1. The molecule has 20 heavy (non-hydrogen) atoms. The van der Waals surface area contributed by atoms with Crippen LogP contribution in [0.1, 0.15) is 17.5 Å². The Bertz CT molecular complexity index is 484. The molecule has 1 aliphatic rings. The Morgan fingerprint density at radius 3 is 2.95 bits per heavy atom. The average Bonchev–Trinajstić information content (AvgIpc) is 2.90. The minimum Gasteiger partial charge on any atom is -0.378 e. The number of aryl methyl sites for hydroxylation is 1. The molecule has 2 rings (SSSR count). The highest BCUT2D eigenvalue weighted by molar-refractivity contribution is 5.42. The van der Waals surface area contributed by atoms with Gasteiger partial charge in [-0.2, -0.15) is 0 Å². The number of nitro groups is 1. The fourth-order valence-corrected chi connectivity index (χ4v) is 2.36. The zero-order valence-electron chi connectivity index (χ0n) is 11.8. The van der Waals surface area contributed by atoms with Crippen LogP contribution < -0.4 is 5.32 Å². The Morgan fingerprint density at radius 1 is 1.55 bits per heavy atom. The van der Waals surface area contributed by atoms with E-state index in [0.717, 1.165) is 12.0 Å². The lowest BCUT2D eigenvalue weighted by Gasteiger charge is -2.26.